The van der Waals surface area contributed by atoms with E-state index in [2.05, 4.69) is 5.32 Å². The quantitative estimate of drug-likeness (QED) is 0.742. The molecule has 0 amide bonds. The topological polar surface area (TPSA) is 41.5 Å². The Kier molecular flexibility index (Phi) is 3.65. The van der Waals surface area contributed by atoms with E-state index >= 15 is 0 Å². The van der Waals surface area contributed by atoms with Crippen LogP contribution in [0.2, 0.25) is 0 Å². The van der Waals surface area contributed by atoms with Gasteiger partial charge >= 0.3 is 0 Å². The molecule has 3 nitrogen and oxygen atoms in total. The average Bonchev–Trinajstić information content (AvgIpc) is 2.24. The SMILES string of the molecule is COC1CCCC(NCC2(O)CCC2)C1. The molecule has 88 valence electrons. The molecule has 0 heterocycles. The van der Waals surface area contributed by atoms with Gasteiger partial charge in [-0.1, -0.05) is 0 Å². The van der Waals surface area contributed by atoms with Crippen molar-refractivity contribution in [2.75, 3.05) is 13.7 Å². The first-order valence-electron chi connectivity index (χ1n) is 6.20. The van der Waals surface area contributed by atoms with Crippen LogP contribution >= 0.6 is 0 Å². The molecule has 0 aliphatic heterocycles. The van der Waals surface area contributed by atoms with Gasteiger partial charge in [-0.15, -0.1) is 0 Å². The highest BCUT2D eigenvalue weighted by molar-refractivity contribution is 4.91. The molecule has 0 bridgehead atoms. The third kappa shape index (κ3) is 2.92. The normalized spacial score (nSPS) is 34.8. The summed E-state index contributed by atoms with van der Waals surface area (Å²) in [6.45, 7) is 0.772. The van der Waals surface area contributed by atoms with E-state index in [4.69, 9.17) is 4.74 Å². The Morgan fingerprint density at radius 2 is 2.13 bits per heavy atom. The van der Waals surface area contributed by atoms with Crippen molar-refractivity contribution in [2.24, 2.45) is 0 Å². The van der Waals surface area contributed by atoms with Crippen molar-refractivity contribution in [3.05, 3.63) is 0 Å². The predicted octanol–water partition coefficient (Wildman–Crippen LogP) is 1.45. The van der Waals surface area contributed by atoms with Gasteiger partial charge in [0, 0.05) is 19.7 Å². The molecule has 15 heavy (non-hydrogen) atoms. The van der Waals surface area contributed by atoms with E-state index in [-0.39, 0.29) is 5.60 Å². The zero-order chi connectivity index (χ0) is 10.7. The molecule has 2 saturated carbocycles. The third-order valence-corrected chi connectivity index (χ3v) is 3.96. The molecule has 0 aromatic carbocycles. The first-order chi connectivity index (χ1) is 7.22. The number of nitrogens with one attached hydrogen (secondary N) is 1. The molecule has 2 aliphatic carbocycles. The van der Waals surface area contributed by atoms with Gasteiger partial charge in [0.1, 0.15) is 0 Å². The smallest absolute Gasteiger partial charge is 0.0771 e. The van der Waals surface area contributed by atoms with Gasteiger partial charge in [-0.3, -0.25) is 0 Å². The van der Waals surface area contributed by atoms with Gasteiger partial charge in [0.2, 0.25) is 0 Å². The van der Waals surface area contributed by atoms with Crippen LogP contribution in [-0.2, 0) is 4.74 Å². The standard InChI is InChI=1S/C12H23NO2/c1-15-11-5-2-4-10(8-11)13-9-12(14)6-3-7-12/h10-11,13-14H,2-9H2,1H3. The molecule has 0 saturated heterocycles. The summed E-state index contributed by atoms with van der Waals surface area (Å²) in [5.41, 5.74) is -0.389. The first kappa shape index (κ1) is 11.4. The van der Waals surface area contributed by atoms with Crippen LogP contribution in [0, 0.1) is 0 Å². The van der Waals surface area contributed by atoms with E-state index < -0.39 is 0 Å². The van der Waals surface area contributed by atoms with Crippen LogP contribution in [0.25, 0.3) is 0 Å². The maximum atomic E-state index is 9.97. The Hall–Kier alpha value is -0.120. The minimum Gasteiger partial charge on any atom is -0.389 e. The van der Waals surface area contributed by atoms with Gasteiger partial charge < -0.3 is 15.2 Å². The fourth-order valence-corrected chi connectivity index (χ4v) is 2.64. The molecule has 2 unspecified atom stereocenters. The average molecular weight is 213 g/mol. The second-order valence-electron chi connectivity index (χ2n) is 5.18. The molecule has 2 fully saturated rings. The van der Waals surface area contributed by atoms with Crippen LogP contribution < -0.4 is 5.32 Å². The van der Waals surface area contributed by atoms with Crippen LogP contribution in [0.5, 0.6) is 0 Å². The van der Waals surface area contributed by atoms with E-state index in [1.54, 1.807) is 7.11 Å². The summed E-state index contributed by atoms with van der Waals surface area (Å²) < 4.78 is 5.39. The number of ether oxygens (including phenoxy) is 1. The molecule has 2 N–H and O–H groups in total. The summed E-state index contributed by atoms with van der Waals surface area (Å²) in [6.07, 6.45) is 8.33. The van der Waals surface area contributed by atoms with Gasteiger partial charge in [-0.25, -0.2) is 0 Å². The maximum Gasteiger partial charge on any atom is 0.0771 e. The van der Waals surface area contributed by atoms with E-state index in [1.165, 1.54) is 25.7 Å². The van der Waals surface area contributed by atoms with E-state index in [9.17, 15) is 5.11 Å². The lowest BCUT2D eigenvalue weighted by Gasteiger charge is -2.39. The largest absolute Gasteiger partial charge is 0.389 e. The number of hydrogen-bond donors (Lipinski definition) is 2. The van der Waals surface area contributed by atoms with Gasteiger partial charge in [-0.05, 0) is 44.9 Å². The number of hydrogen-bond acceptors (Lipinski definition) is 3. The summed E-state index contributed by atoms with van der Waals surface area (Å²) in [4.78, 5) is 0. The Bertz CT molecular complexity index is 204. The lowest BCUT2D eigenvalue weighted by molar-refractivity contribution is -0.0363. The highest BCUT2D eigenvalue weighted by Crippen LogP contribution is 2.31. The van der Waals surface area contributed by atoms with Crippen molar-refractivity contribution in [3.8, 4) is 0 Å². The van der Waals surface area contributed by atoms with Gasteiger partial charge in [0.05, 0.1) is 11.7 Å². The Balaban J connectivity index is 1.69. The summed E-state index contributed by atoms with van der Waals surface area (Å²) >= 11 is 0. The molecule has 3 heteroatoms. The maximum absolute atomic E-state index is 9.97. The molecule has 0 radical (unpaired) electrons. The molecule has 0 spiro atoms. The Morgan fingerprint density at radius 3 is 2.73 bits per heavy atom. The molecule has 2 atom stereocenters. The molecule has 0 aromatic heterocycles. The molecular formula is C12H23NO2. The second-order valence-corrected chi connectivity index (χ2v) is 5.18. The van der Waals surface area contributed by atoms with Gasteiger partial charge in [-0.2, -0.15) is 0 Å². The zero-order valence-electron chi connectivity index (χ0n) is 9.67. The fourth-order valence-electron chi connectivity index (χ4n) is 2.64. The summed E-state index contributed by atoms with van der Waals surface area (Å²) in [7, 11) is 1.80. The Labute approximate surface area is 92.2 Å². The number of rotatable bonds is 4. The minimum atomic E-state index is -0.389. The van der Waals surface area contributed by atoms with E-state index in [1.807, 2.05) is 0 Å². The lowest BCUT2D eigenvalue weighted by atomic mass is 9.80. The monoisotopic (exact) mass is 213 g/mol. The van der Waals surface area contributed by atoms with Crippen molar-refractivity contribution in [1.82, 2.24) is 5.32 Å². The van der Waals surface area contributed by atoms with Crippen LogP contribution in [0.3, 0.4) is 0 Å². The first-order valence-corrected chi connectivity index (χ1v) is 6.20. The fraction of sp³-hybridized carbons (Fsp3) is 1.00. The molecular weight excluding hydrogens is 190 g/mol. The van der Waals surface area contributed by atoms with E-state index in [0.717, 1.165) is 25.8 Å². The summed E-state index contributed by atoms with van der Waals surface area (Å²) in [5, 5.41) is 13.5. The highest BCUT2D eigenvalue weighted by Gasteiger charge is 2.35. The summed E-state index contributed by atoms with van der Waals surface area (Å²) in [6, 6.07) is 0.549. The van der Waals surface area contributed by atoms with Crippen LogP contribution in [0.4, 0.5) is 0 Å². The summed E-state index contributed by atoms with van der Waals surface area (Å²) in [5.74, 6) is 0. The van der Waals surface area contributed by atoms with E-state index in [0.29, 0.717) is 12.1 Å². The van der Waals surface area contributed by atoms with Crippen LogP contribution in [0.1, 0.15) is 44.9 Å². The highest BCUT2D eigenvalue weighted by atomic mass is 16.5. The zero-order valence-corrected chi connectivity index (χ0v) is 9.67. The second kappa shape index (κ2) is 4.81. The van der Waals surface area contributed by atoms with Crippen molar-refractivity contribution in [1.29, 1.82) is 0 Å². The molecule has 2 rings (SSSR count). The van der Waals surface area contributed by atoms with Gasteiger partial charge in [0.15, 0.2) is 0 Å². The predicted molar refractivity (Wildman–Crippen MR) is 59.9 cm³/mol. The molecule has 0 aromatic rings. The van der Waals surface area contributed by atoms with Crippen molar-refractivity contribution in [2.45, 2.75) is 62.7 Å². The third-order valence-electron chi connectivity index (χ3n) is 3.96. The van der Waals surface area contributed by atoms with Crippen LogP contribution in [-0.4, -0.2) is 36.5 Å². The van der Waals surface area contributed by atoms with Crippen molar-refractivity contribution in [3.63, 3.8) is 0 Å². The van der Waals surface area contributed by atoms with Gasteiger partial charge in [0.25, 0.3) is 0 Å². The lowest BCUT2D eigenvalue weighted by Crippen LogP contribution is -2.50. The number of methoxy groups -OCH3 is 1. The van der Waals surface area contributed by atoms with Crippen molar-refractivity contribution >= 4 is 0 Å². The van der Waals surface area contributed by atoms with Crippen LogP contribution in [0.15, 0.2) is 0 Å². The minimum absolute atomic E-state index is 0.389. The molecule has 2 aliphatic rings. The Morgan fingerprint density at radius 1 is 1.33 bits per heavy atom. The number of aliphatic hydroxyl groups is 1. The van der Waals surface area contributed by atoms with Crippen molar-refractivity contribution < 1.29 is 9.84 Å².